The lowest BCUT2D eigenvalue weighted by molar-refractivity contribution is -0.00933. The van der Waals surface area contributed by atoms with Crippen molar-refractivity contribution >= 4 is 5.69 Å². The molecule has 0 radical (unpaired) electrons. The second-order valence-corrected chi connectivity index (χ2v) is 4.75. The number of pyridine rings is 1. The quantitative estimate of drug-likeness (QED) is 0.796. The van der Waals surface area contributed by atoms with Gasteiger partial charge >= 0.3 is 0 Å². The first-order valence-corrected chi connectivity index (χ1v) is 5.55. The Morgan fingerprint density at radius 2 is 2.19 bits per heavy atom. The lowest BCUT2D eigenvalue weighted by Crippen LogP contribution is -2.63. The average Bonchev–Trinajstić information content (AvgIpc) is 3.09. The van der Waals surface area contributed by atoms with Gasteiger partial charge in [0.1, 0.15) is 17.4 Å². The molecule has 0 aromatic carbocycles. The van der Waals surface area contributed by atoms with Crippen molar-refractivity contribution in [2.75, 3.05) is 18.0 Å². The van der Waals surface area contributed by atoms with Crippen molar-refractivity contribution in [3.05, 3.63) is 24.0 Å². The Hall–Kier alpha value is -1.60. The Kier molecular flexibility index (Phi) is 1.92. The van der Waals surface area contributed by atoms with Gasteiger partial charge in [-0.25, -0.2) is 4.98 Å². The van der Waals surface area contributed by atoms with E-state index in [9.17, 15) is 5.11 Å². The highest BCUT2D eigenvalue weighted by Gasteiger charge is 2.51. The smallest absolute Gasteiger partial charge is 0.140 e. The number of nitrogens with zero attached hydrogens (tertiary/aromatic N) is 3. The molecule has 0 unspecified atom stereocenters. The van der Waals surface area contributed by atoms with Crippen LogP contribution >= 0.6 is 0 Å². The van der Waals surface area contributed by atoms with Crippen LogP contribution in [0.15, 0.2) is 18.3 Å². The molecule has 2 fully saturated rings. The Labute approximate surface area is 94.1 Å². The van der Waals surface area contributed by atoms with Crippen molar-refractivity contribution in [3.8, 4) is 6.07 Å². The van der Waals surface area contributed by atoms with Crippen LogP contribution in [0.1, 0.15) is 18.5 Å². The third kappa shape index (κ3) is 1.44. The van der Waals surface area contributed by atoms with Gasteiger partial charge in [-0.15, -0.1) is 0 Å². The minimum atomic E-state index is -0.464. The van der Waals surface area contributed by atoms with Gasteiger partial charge in [0.05, 0.1) is 11.9 Å². The summed E-state index contributed by atoms with van der Waals surface area (Å²) in [5, 5.41) is 18.8. The van der Waals surface area contributed by atoms with Gasteiger partial charge in [0.2, 0.25) is 0 Å². The number of aliphatic hydroxyl groups is 1. The molecule has 2 aliphatic rings. The van der Waals surface area contributed by atoms with E-state index in [1.54, 1.807) is 12.3 Å². The normalized spacial score (nSPS) is 22.4. The molecule has 1 N–H and O–H groups in total. The van der Waals surface area contributed by atoms with Crippen LogP contribution in [0.2, 0.25) is 0 Å². The fourth-order valence-electron chi connectivity index (χ4n) is 2.32. The molecular weight excluding hydrogens is 202 g/mol. The number of anilines is 1. The molecule has 1 saturated carbocycles. The SMILES string of the molecule is N#Cc1ccc(N2CC(O)(C3CC3)C2)cn1. The van der Waals surface area contributed by atoms with Crippen LogP contribution in [-0.2, 0) is 0 Å². The predicted molar refractivity (Wildman–Crippen MR) is 58.8 cm³/mol. The molecule has 1 aliphatic carbocycles. The van der Waals surface area contributed by atoms with E-state index in [-0.39, 0.29) is 0 Å². The second kappa shape index (κ2) is 3.19. The van der Waals surface area contributed by atoms with E-state index in [4.69, 9.17) is 5.26 Å². The summed E-state index contributed by atoms with van der Waals surface area (Å²) >= 11 is 0. The first-order valence-electron chi connectivity index (χ1n) is 5.55. The molecule has 0 amide bonds. The van der Waals surface area contributed by atoms with Gasteiger partial charge < -0.3 is 10.0 Å². The number of hydrogen-bond donors (Lipinski definition) is 1. The molecular formula is C12H13N3O. The molecule has 4 heteroatoms. The summed E-state index contributed by atoms with van der Waals surface area (Å²) in [6, 6.07) is 5.59. The Bertz CT molecular complexity index is 438. The van der Waals surface area contributed by atoms with Crippen molar-refractivity contribution in [1.29, 1.82) is 5.26 Å². The Morgan fingerprint density at radius 3 is 2.69 bits per heavy atom. The summed E-state index contributed by atoms with van der Waals surface area (Å²) in [6.45, 7) is 1.40. The molecule has 82 valence electrons. The first kappa shape index (κ1) is 9.61. The van der Waals surface area contributed by atoms with Crippen LogP contribution in [0, 0.1) is 17.2 Å². The zero-order chi connectivity index (χ0) is 11.2. The van der Waals surface area contributed by atoms with Gasteiger partial charge in [0.25, 0.3) is 0 Å². The monoisotopic (exact) mass is 215 g/mol. The molecule has 1 saturated heterocycles. The largest absolute Gasteiger partial charge is 0.386 e. The number of hydrogen-bond acceptors (Lipinski definition) is 4. The lowest BCUT2D eigenvalue weighted by atomic mass is 9.88. The summed E-state index contributed by atoms with van der Waals surface area (Å²) in [5.41, 5.74) is 0.958. The molecule has 0 atom stereocenters. The van der Waals surface area contributed by atoms with E-state index in [2.05, 4.69) is 9.88 Å². The van der Waals surface area contributed by atoms with Crippen LogP contribution in [-0.4, -0.2) is 28.8 Å². The zero-order valence-corrected chi connectivity index (χ0v) is 8.93. The number of β-amino-alcohol motifs (C(OH)–C–C–N with tert-alkyl or cyclic N) is 1. The number of rotatable bonds is 2. The summed E-state index contributed by atoms with van der Waals surface area (Å²) in [5.74, 6) is 0.509. The summed E-state index contributed by atoms with van der Waals surface area (Å²) in [7, 11) is 0. The number of aromatic nitrogens is 1. The highest BCUT2D eigenvalue weighted by Crippen LogP contribution is 2.45. The van der Waals surface area contributed by atoms with Gasteiger partial charge in [0, 0.05) is 13.1 Å². The molecule has 1 aliphatic heterocycles. The van der Waals surface area contributed by atoms with Gasteiger partial charge in [-0.2, -0.15) is 5.26 Å². The van der Waals surface area contributed by atoms with Crippen LogP contribution in [0.25, 0.3) is 0 Å². The van der Waals surface area contributed by atoms with Crippen LogP contribution in [0.5, 0.6) is 0 Å². The van der Waals surface area contributed by atoms with Crippen LogP contribution in [0.4, 0.5) is 5.69 Å². The maximum Gasteiger partial charge on any atom is 0.140 e. The fourth-order valence-corrected chi connectivity index (χ4v) is 2.32. The third-order valence-electron chi connectivity index (χ3n) is 3.49. The molecule has 4 nitrogen and oxygen atoms in total. The lowest BCUT2D eigenvalue weighted by Gasteiger charge is -2.48. The summed E-state index contributed by atoms with van der Waals surface area (Å²) in [4.78, 5) is 6.13. The molecule has 1 aromatic rings. The Morgan fingerprint density at radius 1 is 1.44 bits per heavy atom. The van der Waals surface area contributed by atoms with E-state index in [0.717, 1.165) is 18.5 Å². The highest BCUT2D eigenvalue weighted by molar-refractivity contribution is 5.50. The fraction of sp³-hybridized carbons (Fsp3) is 0.500. The molecule has 16 heavy (non-hydrogen) atoms. The van der Waals surface area contributed by atoms with Crippen LogP contribution in [0.3, 0.4) is 0 Å². The van der Waals surface area contributed by atoms with E-state index < -0.39 is 5.60 Å². The third-order valence-corrected chi connectivity index (χ3v) is 3.49. The maximum atomic E-state index is 10.2. The first-order chi connectivity index (χ1) is 7.71. The van der Waals surface area contributed by atoms with E-state index in [0.29, 0.717) is 24.7 Å². The Balaban J connectivity index is 1.69. The highest BCUT2D eigenvalue weighted by atomic mass is 16.3. The predicted octanol–water partition coefficient (Wildman–Crippen LogP) is 0.914. The van der Waals surface area contributed by atoms with Crippen molar-refractivity contribution in [2.24, 2.45) is 5.92 Å². The van der Waals surface area contributed by atoms with Gasteiger partial charge in [-0.05, 0) is 30.9 Å². The van der Waals surface area contributed by atoms with Crippen LogP contribution < -0.4 is 4.90 Å². The average molecular weight is 215 g/mol. The number of nitriles is 1. The zero-order valence-electron chi connectivity index (χ0n) is 8.93. The van der Waals surface area contributed by atoms with Gasteiger partial charge in [0.15, 0.2) is 0 Å². The minimum Gasteiger partial charge on any atom is -0.386 e. The van der Waals surface area contributed by atoms with Crippen molar-refractivity contribution in [2.45, 2.75) is 18.4 Å². The second-order valence-electron chi connectivity index (χ2n) is 4.75. The van der Waals surface area contributed by atoms with Gasteiger partial charge in [-0.3, -0.25) is 0 Å². The summed E-state index contributed by atoms with van der Waals surface area (Å²) < 4.78 is 0. The van der Waals surface area contributed by atoms with Gasteiger partial charge in [-0.1, -0.05) is 0 Å². The molecule has 0 spiro atoms. The van der Waals surface area contributed by atoms with Crippen molar-refractivity contribution in [1.82, 2.24) is 4.98 Å². The summed E-state index contributed by atoms with van der Waals surface area (Å²) in [6.07, 6.45) is 4.02. The van der Waals surface area contributed by atoms with Crippen molar-refractivity contribution < 1.29 is 5.11 Å². The molecule has 0 bridgehead atoms. The minimum absolute atomic E-state index is 0.432. The topological polar surface area (TPSA) is 60.2 Å². The van der Waals surface area contributed by atoms with E-state index >= 15 is 0 Å². The van der Waals surface area contributed by atoms with Crippen molar-refractivity contribution in [3.63, 3.8) is 0 Å². The maximum absolute atomic E-state index is 10.2. The van der Waals surface area contributed by atoms with E-state index in [1.807, 2.05) is 12.1 Å². The molecule has 3 rings (SSSR count). The molecule has 1 aromatic heterocycles. The van der Waals surface area contributed by atoms with E-state index in [1.165, 1.54) is 0 Å². The standard InChI is InChI=1S/C12H13N3O/c13-5-10-3-4-11(6-14-10)15-7-12(16,8-15)9-1-2-9/h3-4,6,9,16H,1-2,7-8H2. The molecule has 2 heterocycles.